The van der Waals surface area contributed by atoms with E-state index in [4.69, 9.17) is 0 Å². The molecule has 2 fully saturated rings. The van der Waals surface area contributed by atoms with Gasteiger partial charge in [-0.3, -0.25) is 4.79 Å². The summed E-state index contributed by atoms with van der Waals surface area (Å²) in [6, 6.07) is 8.19. The van der Waals surface area contributed by atoms with Crippen molar-refractivity contribution in [2.45, 2.75) is 57.7 Å². The second-order valence-electron chi connectivity index (χ2n) is 7.10. The van der Waals surface area contributed by atoms with E-state index < -0.39 is 0 Å². The van der Waals surface area contributed by atoms with E-state index >= 15 is 0 Å². The van der Waals surface area contributed by atoms with Crippen LogP contribution in [0.2, 0.25) is 0 Å². The standard InChI is InChI=1S/C19H25N3O2/c23-13-18-20-15-8-2-4-10-17(15)22(18)12-19(24)21-11-5-7-14-6-1-3-9-16(14)21/h2,4,8,10,14,16,23H,1,3,5-7,9,11-13H2/t14-,16+/m1/s1. The first-order chi connectivity index (χ1) is 11.8. The highest BCUT2D eigenvalue weighted by Crippen LogP contribution is 2.35. The molecule has 2 aliphatic rings. The van der Waals surface area contributed by atoms with Gasteiger partial charge >= 0.3 is 0 Å². The number of hydrogen-bond acceptors (Lipinski definition) is 3. The van der Waals surface area contributed by atoms with Crippen molar-refractivity contribution in [1.29, 1.82) is 0 Å². The molecule has 1 saturated carbocycles. The number of hydrogen-bond donors (Lipinski definition) is 1. The zero-order chi connectivity index (χ0) is 16.5. The summed E-state index contributed by atoms with van der Waals surface area (Å²) >= 11 is 0. The van der Waals surface area contributed by atoms with Crippen LogP contribution in [0.3, 0.4) is 0 Å². The maximum Gasteiger partial charge on any atom is 0.242 e. The van der Waals surface area contributed by atoms with Crippen molar-refractivity contribution in [3.05, 3.63) is 30.1 Å². The fourth-order valence-corrected chi connectivity index (χ4v) is 4.58. The molecule has 2 aromatic rings. The molecule has 2 atom stereocenters. The number of amides is 1. The quantitative estimate of drug-likeness (QED) is 0.943. The number of para-hydroxylation sites is 2. The van der Waals surface area contributed by atoms with Crippen molar-refractivity contribution in [2.75, 3.05) is 6.54 Å². The monoisotopic (exact) mass is 327 g/mol. The molecule has 5 nitrogen and oxygen atoms in total. The van der Waals surface area contributed by atoms with Gasteiger partial charge in [-0.2, -0.15) is 0 Å². The van der Waals surface area contributed by atoms with Crippen LogP contribution in [0.4, 0.5) is 0 Å². The number of likely N-dealkylation sites (tertiary alicyclic amines) is 1. The number of carbonyl (C=O) groups excluding carboxylic acids is 1. The van der Waals surface area contributed by atoms with Crippen LogP contribution in [0.15, 0.2) is 24.3 Å². The molecule has 1 aliphatic carbocycles. The van der Waals surface area contributed by atoms with Gasteiger partial charge < -0.3 is 14.6 Å². The van der Waals surface area contributed by atoms with Gasteiger partial charge in [0.1, 0.15) is 19.0 Å². The zero-order valence-electron chi connectivity index (χ0n) is 14.0. The Morgan fingerprint density at radius 3 is 2.83 bits per heavy atom. The molecule has 1 aliphatic heterocycles. The third-order valence-corrected chi connectivity index (χ3v) is 5.73. The predicted octanol–water partition coefficient (Wildman–Crippen LogP) is 2.71. The van der Waals surface area contributed by atoms with Gasteiger partial charge in [0, 0.05) is 12.6 Å². The number of aliphatic hydroxyl groups excluding tert-OH is 1. The molecule has 2 heterocycles. The van der Waals surface area contributed by atoms with Gasteiger partial charge in [0.05, 0.1) is 11.0 Å². The van der Waals surface area contributed by atoms with E-state index in [1.807, 2.05) is 28.8 Å². The molecule has 0 radical (unpaired) electrons. The minimum Gasteiger partial charge on any atom is -0.388 e. The fraction of sp³-hybridized carbons (Fsp3) is 0.579. The summed E-state index contributed by atoms with van der Waals surface area (Å²) in [5, 5.41) is 9.62. The molecule has 5 heteroatoms. The topological polar surface area (TPSA) is 58.4 Å². The molecular weight excluding hydrogens is 302 g/mol. The third kappa shape index (κ3) is 2.71. The minimum absolute atomic E-state index is 0.145. The highest BCUT2D eigenvalue weighted by Gasteiger charge is 2.35. The van der Waals surface area contributed by atoms with Crippen molar-refractivity contribution in [1.82, 2.24) is 14.5 Å². The lowest BCUT2D eigenvalue weighted by Crippen LogP contribution is -2.50. The molecule has 1 aromatic carbocycles. The lowest BCUT2D eigenvalue weighted by Gasteiger charge is -2.44. The number of nitrogens with zero attached hydrogens (tertiary/aromatic N) is 3. The fourth-order valence-electron chi connectivity index (χ4n) is 4.58. The third-order valence-electron chi connectivity index (χ3n) is 5.73. The number of imidazole rings is 1. The van der Waals surface area contributed by atoms with E-state index in [0.29, 0.717) is 17.8 Å². The highest BCUT2D eigenvalue weighted by atomic mass is 16.3. The van der Waals surface area contributed by atoms with Crippen LogP contribution in [0.5, 0.6) is 0 Å². The minimum atomic E-state index is -0.145. The van der Waals surface area contributed by atoms with Gasteiger partial charge in [0.2, 0.25) is 5.91 Å². The molecule has 1 N–H and O–H groups in total. The van der Waals surface area contributed by atoms with Crippen molar-refractivity contribution < 1.29 is 9.90 Å². The Morgan fingerprint density at radius 1 is 1.17 bits per heavy atom. The smallest absolute Gasteiger partial charge is 0.242 e. The SMILES string of the molecule is O=C(Cn1c(CO)nc2ccccc21)N1CCC[C@H]2CCCC[C@@H]21. The van der Waals surface area contributed by atoms with E-state index in [9.17, 15) is 9.90 Å². The van der Waals surface area contributed by atoms with Gasteiger partial charge in [0.25, 0.3) is 0 Å². The molecule has 128 valence electrons. The van der Waals surface area contributed by atoms with Crippen molar-refractivity contribution in [2.24, 2.45) is 5.92 Å². The highest BCUT2D eigenvalue weighted by molar-refractivity contribution is 5.81. The normalized spacial score (nSPS) is 24.1. The van der Waals surface area contributed by atoms with Crippen molar-refractivity contribution >= 4 is 16.9 Å². The van der Waals surface area contributed by atoms with Crippen LogP contribution in [-0.2, 0) is 17.9 Å². The second kappa shape index (κ2) is 6.55. The average molecular weight is 327 g/mol. The number of rotatable bonds is 3. The van der Waals surface area contributed by atoms with Crippen molar-refractivity contribution in [3.8, 4) is 0 Å². The molecule has 4 rings (SSSR count). The van der Waals surface area contributed by atoms with E-state index in [2.05, 4.69) is 9.88 Å². The zero-order valence-corrected chi connectivity index (χ0v) is 14.0. The molecule has 0 bridgehead atoms. The lowest BCUT2D eigenvalue weighted by molar-refractivity contribution is -0.138. The molecule has 0 unspecified atom stereocenters. The lowest BCUT2D eigenvalue weighted by atomic mass is 9.78. The number of benzene rings is 1. The number of aromatic nitrogens is 2. The first kappa shape index (κ1) is 15.6. The van der Waals surface area contributed by atoms with Gasteiger partial charge in [-0.15, -0.1) is 0 Å². The molecular formula is C19H25N3O2. The molecule has 0 spiro atoms. The van der Waals surface area contributed by atoms with E-state index in [1.54, 1.807) is 0 Å². The summed E-state index contributed by atoms with van der Waals surface area (Å²) in [5.74, 6) is 1.43. The summed E-state index contributed by atoms with van der Waals surface area (Å²) in [4.78, 5) is 19.6. The first-order valence-corrected chi connectivity index (χ1v) is 9.12. The molecule has 1 amide bonds. The van der Waals surface area contributed by atoms with Crippen LogP contribution >= 0.6 is 0 Å². The average Bonchev–Trinajstić information content (AvgIpc) is 2.99. The van der Waals surface area contributed by atoms with Crippen LogP contribution in [0.1, 0.15) is 44.3 Å². The largest absolute Gasteiger partial charge is 0.388 e. The van der Waals surface area contributed by atoms with Crippen LogP contribution in [-0.4, -0.2) is 38.1 Å². The second-order valence-corrected chi connectivity index (χ2v) is 7.10. The summed E-state index contributed by atoms with van der Waals surface area (Å²) in [5.41, 5.74) is 1.76. The number of aliphatic hydroxyl groups is 1. The van der Waals surface area contributed by atoms with E-state index in [0.717, 1.165) is 30.4 Å². The van der Waals surface area contributed by atoms with Gasteiger partial charge in [-0.05, 0) is 43.7 Å². The van der Waals surface area contributed by atoms with Gasteiger partial charge in [0.15, 0.2) is 0 Å². The molecule has 1 saturated heterocycles. The summed E-state index contributed by atoms with van der Waals surface area (Å²) in [6.07, 6.45) is 7.35. The van der Waals surface area contributed by atoms with Gasteiger partial charge in [-0.25, -0.2) is 4.98 Å². The number of piperidine rings is 1. The Balaban J connectivity index is 1.59. The van der Waals surface area contributed by atoms with E-state index in [-0.39, 0.29) is 19.1 Å². The maximum absolute atomic E-state index is 13.0. The van der Waals surface area contributed by atoms with Crippen LogP contribution in [0.25, 0.3) is 11.0 Å². The summed E-state index contributed by atoms with van der Waals surface area (Å²) in [7, 11) is 0. The van der Waals surface area contributed by atoms with Crippen molar-refractivity contribution in [3.63, 3.8) is 0 Å². The Bertz CT molecular complexity index is 737. The Hall–Kier alpha value is -1.88. The Kier molecular flexibility index (Phi) is 4.27. The number of carbonyl (C=O) groups is 1. The Morgan fingerprint density at radius 2 is 1.96 bits per heavy atom. The first-order valence-electron chi connectivity index (χ1n) is 9.12. The molecule has 24 heavy (non-hydrogen) atoms. The summed E-state index contributed by atoms with van der Waals surface area (Å²) in [6.45, 7) is 1.01. The molecule has 1 aromatic heterocycles. The predicted molar refractivity (Wildman–Crippen MR) is 92.3 cm³/mol. The Labute approximate surface area is 142 Å². The van der Waals surface area contributed by atoms with Gasteiger partial charge in [-0.1, -0.05) is 25.0 Å². The number of fused-ring (bicyclic) bond motifs is 2. The van der Waals surface area contributed by atoms with E-state index in [1.165, 1.54) is 25.7 Å². The maximum atomic E-state index is 13.0. The van der Waals surface area contributed by atoms with Crippen LogP contribution < -0.4 is 0 Å². The summed E-state index contributed by atoms with van der Waals surface area (Å²) < 4.78 is 1.88. The van der Waals surface area contributed by atoms with Crippen LogP contribution in [0, 0.1) is 5.92 Å².